The molecule has 0 aromatic rings. The largest absolute Gasteiger partial charge is 0.316 e. The van der Waals surface area contributed by atoms with Crippen molar-refractivity contribution in [2.24, 2.45) is 5.41 Å². The van der Waals surface area contributed by atoms with Crippen LogP contribution in [0.25, 0.3) is 0 Å². The molecule has 0 aliphatic carbocycles. The van der Waals surface area contributed by atoms with Crippen molar-refractivity contribution < 1.29 is 8.42 Å². The van der Waals surface area contributed by atoms with Crippen molar-refractivity contribution in [1.29, 1.82) is 0 Å². The van der Waals surface area contributed by atoms with Gasteiger partial charge in [-0.2, -0.15) is 11.8 Å². The Hall–Kier alpha value is 0.220. The molecule has 2 heterocycles. The Morgan fingerprint density at radius 2 is 2.26 bits per heavy atom. The molecule has 2 aliphatic rings. The minimum absolute atomic E-state index is 0.267. The molecule has 19 heavy (non-hydrogen) atoms. The van der Waals surface area contributed by atoms with Crippen LogP contribution in [0.15, 0.2) is 0 Å². The Kier molecular flexibility index (Phi) is 5.20. The van der Waals surface area contributed by atoms with Gasteiger partial charge in [-0.25, -0.2) is 8.42 Å². The highest BCUT2D eigenvalue weighted by Crippen LogP contribution is 2.33. The van der Waals surface area contributed by atoms with Crippen LogP contribution in [0.1, 0.15) is 26.2 Å². The lowest BCUT2D eigenvalue weighted by Gasteiger charge is -2.44. The second-order valence-electron chi connectivity index (χ2n) is 5.96. The van der Waals surface area contributed by atoms with Gasteiger partial charge in [-0.05, 0) is 31.2 Å². The summed E-state index contributed by atoms with van der Waals surface area (Å²) in [5.74, 6) is 1.78. The number of nitrogens with zero attached hydrogens (tertiary/aromatic N) is 1. The lowest BCUT2D eigenvalue weighted by Crippen LogP contribution is -2.54. The van der Waals surface area contributed by atoms with Crippen molar-refractivity contribution in [2.45, 2.75) is 31.6 Å². The Morgan fingerprint density at radius 3 is 2.84 bits per heavy atom. The summed E-state index contributed by atoms with van der Waals surface area (Å²) in [6.07, 6.45) is 4.94. The first-order valence-electron chi connectivity index (χ1n) is 7.18. The molecule has 0 aromatic carbocycles. The maximum absolute atomic E-state index is 12.0. The van der Waals surface area contributed by atoms with Crippen LogP contribution in [0, 0.1) is 5.41 Å². The average Bonchev–Trinajstić information content (AvgIpc) is 2.39. The Balaban J connectivity index is 2.10. The Labute approximate surface area is 121 Å². The highest BCUT2D eigenvalue weighted by Gasteiger charge is 2.38. The van der Waals surface area contributed by atoms with Gasteiger partial charge >= 0.3 is 0 Å². The maximum Gasteiger partial charge on any atom is 0.164 e. The molecule has 4 nitrogen and oxygen atoms in total. The molecule has 2 rings (SSSR count). The smallest absolute Gasteiger partial charge is 0.164 e. The molecule has 1 N–H and O–H groups in total. The van der Waals surface area contributed by atoms with Crippen LogP contribution < -0.4 is 5.32 Å². The summed E-state index contributed by atoms with van der Waals surface area (Å²) in [5.41, 5.74) is 0.267. The summed E-state index contributed by atoms with van der Waals surface area (Å²) in [7, 11) is -2.98. The highest BCUT2D eigenvalue weighted by molar-refractivity contribution is 8.00. The fourth-order valence-electron chi connectivity index (χ4n) is 3.20. The number of hydrogen-bond acceptors (Lipinski definition) is 5. The number of thioether (sulfide) groups is 1. The first-order chi connectivity index (χ1) is 8.97. The number of piperidine rings is 1. The van der Waals surface area contributed by atoms with E-state index in [0.717, 1.165) is 44.1 Å². The first-order valence-corrected chi connectivity index (χ1v) is 10.3. The lowest BCUT2D eigenvalue weighted by atomic mass is 9.78. The van der Waals surface area contributed by atoms with Crippen molar-refractivity contribution in [1.82, 2.24) is 10.2 Å². The number of hydrogen-bond donors (Lipinski definition) is 1. The van der Waals surface area contributed by atoms with Crippen LogP contribution in [-0.2, 0) is 9.84 Å². The lowest BCUT2D eigenvalue weighted by molar-refractivity contribution is 0.109. The SMILES string of the molecule is CCC1(CN2CCSCC2S(C)(=O)=O)CCCNC1. The van der Waals surface area contributed by atoms with Crippen molar-refractivity contribution in [3.63, 3.8) is 0 Å². The van der Waals surface area contributed by atoms with Gasteiger partial charge in [0, 0.05) is 37.4 Å². The molecule has 2 atom stereocenters. The van der Waals surface area contributed by atoms with Crippen molar-refractivity contribution in [3.05, 3.63) is 0 Å². The van der Waals surface area contributed by atoms with Crippen LogP contribution in [-0.4, -0.2) is 62.6 Å². The van der Waals surface area contributed by atoms with Gasteiger partial charge in [-0.1, -0.05) is 6.92 Å². The maximum atomic E-state index is 12.0. The topological polar surface area (TPSA) is 49.4 Å². The van der Waals surface area contributed by atoms with Crippen molar-refractivity contribution in [2.75, 3.05) is 43.9 Å². The van der Waals surface area contributed by atoms with Crippen LogP contribution in [0.5, 0.6) is 0 Å². The molecule has 2 fully saturated rings. The summed E-state index contributed by atoms with van der Waals surface area (Å²) < 4.78 is 23.9. The van der Waals surface area contributed by atoms with Crippen LogP contribution in [0.3, 0.4) is 0 Å². The second kappa shape index (κ2) is 6.33. The zero-order chi connectivity index (χ0) is 13.9. The minimum Gasteiger partial charge on any atom is -0.316 e. The molecule has 2 unspecified atom stereocenters. The van der Waals surface area contributed by atoms with Gasteiger partial charge in [0.2, 0.25) is 0 Å². The normalized spacial score (nSPS) is 34.3. The van der Waals surface area contributed by atoms with E-state index in [1.54, 1.807) is 11.8 Å². The van der Waals surface area contributed by atoms with E-state index in [1.807, 2.05) is 0 Å². The van der Waals surface area contributed by atoms with E-state index in [2.05, 4.69) is 17.1 Å². The highest BCUT2D eigenvalue weighted by atomic mass is 32.2. The van der Waals surface area contributed by atoms with E-state index < -0.39 is 9.84 Å². The summed E-state index contributed by atoms with van der Waals surface area (Å²) >= 11 is 1.77. The molecule has 0 radical (unpaired) electrons. The van der Waals surface area contributed by atoms with Crippen LogP contribution in [0.2, 0.25) is 0 Å². The molecule has 0 saturated carbocycles. The predicted molar refractivity (Wildman–Crippen MR) is 82.4 cm³/mol. The third-order valence-electron chi connectivity index (χ3n) is 4.53. The fraction of sp³-hybridized carbons (Fsp3) is 1.00. The predicted octanol–water partition coefficient (Wildman–Crippen LogP) is 1.19. The monoisotopic (exact) mass is 306 g/mol. The van der Waals surface area contributed by atoms with Gasteiger partial charge < -0.3 is 5.32 Å². The molecular weight excluding hydrogens is 280 g/mol. The summed E-state index contributed by atoms with van der Waals surface area (Å²) in [6, 6.07) is 0. The van der Waals surface area contributed by atoms with Gasteiger partial charge in [-0.15, -0.1) is 0 Å². The molecule has 0 spiro atoms. The number of sulfone groups is 1. The first kappa shape index (κ1) is 15.6. The van der Waals surface area contributed by atoms with E-state index >= 15 is 0 Å². The number of rotatable bonds is 4. The van der Waals surface area contributed by atoms with Gasteiger partial charge in [-0.3, -0.25) is 4.90 Å². The molecule has 2 saturated heterocycles. The van der Waals surface area contributed by atoms with E-state index in [9.17, 15) is 8.42 Å². The van der Waals surface area contributed by atoms with Crippen molar-refractivity contribution >= 4 is 21.6 Å². The van der Waals surface area contributed by atoms with Crippen LogP contribution >= 0.6 is 11.8 Å². The third-order valence-corrected chi connectivity index (χ3v) is 7.22. The Morgan fingerprint density at radius 1 is 1.47 bits per heavy atom. The van der Waals surface area contributed by atoms with Gasteiger partial charge in [0.15, 0.2) is 9.84 Å². The third kappa shape index (κ3) is 3.86. The average molecular weight is 306 g/mol. The summed E-state index contributed by atoms with van der Waals surface area (Å²) in [4.78, 5) is 2.22. The van der Waals surface area contributed by atoms with Gasteiger partial charge in [0.25, 0.3) is 0 Å². The summed E-state index contributed by atoms with van der Waals surface area (Å²) in [5, 5.41) is 3.21. The second-order valence-corrected chi connectivity index (χ2v) is 9.32. The molecule has 0 amide bonds. The molecule has 6 heteroatoms. The zero-order valence-electron chi connectivity index (χ0n) is 12.0. The molecule has 112 valence electrons. The standard InChI is InChI=1S/C13H26N2O2S2/c1-3-13(5-4-6-14-10-13)11-15-7-8-18-9-12(15)19(2,16)17/h12,14H,3-11H2,1-2H3. The van der Waals surface area contributed by atoms with Crippen molar-refractivity contribution in [3.8, 4) is 0 Å². The quantitative estimate of drug-likeness (QED) is 0.845. The fourth-order valence-corrected chi connectivity index (χ4v) is 6.14. The summed E-state index contributed by atoms with van der Waals surface area (Å²) in [6.45, 7) is 6.21. The molecule has 2 aliphatic heterocycles. The number of nitrogens with one attached hydrogen (secondary N) is 1. The zero-order valence-corrected chi connectivity index (χ0v) is 13.7. The molecular formula is C13H26N2O2S2. The van der Waals surface area contributed by atoms with Gasteiger partial charge in [0.05, 0.1) is 0 Å². The van der Waals surface area contributed by atoms with Crippen LogP contribution in [0.4, 0.5) is 0 Å². The van der Waals surface area contributed by atoms with E-state index in [1.165, 1.54) is 19.1 Å². The van der Waals surface area contributed by atoms with E-state index in [4.69, 9.17) is 0 Å². The molecule has 0 aromatic heterocycles. The Bertz CT molecular complexity index is 391. The van der Waals surface area contributed by atoms with E-state index in [-0.39, 0.29) is 10.8 Å². The van der Waals surface area contributed by atoms with Gasteiger partial charge in [0.1, 0.15) is 5.37 Å². The minimum atomic E-state index is -2.98. The molecule has 0 bridgehead atoms. The van der Waals surface area contributed by atoms with E-state index in [0.29, 0.717) is 0 Å².